The van der Waals surface area contributed by atoms with Gasteiger partial charge in [0.2, 0.25) is 5.91 Å². The van der Waals surface area contributed by atoms with Crippen molar-refractivity contribution >= 4 is 12.0 Å². The van der Waals surface area contributed by atoms with Crippen molar-refractivity contribution in [1.82, 2.24) is 4.90 Å². The van der Waals surface area contributed by atoms with Crippen LogP contribution in [-0.2, 0) is 9.53 Å². The Morgan fingerprint density at radius 3 is 2.89 bits per heavy atom. The van der Waals surface area contributed by atoms with Crippen LogP contribution in [-0.4, -0.2) is 42.6 Å². The fourth-order valence-electron chi connectivity index (χ4n) is 2.03. The highest BCUT2D eigenvalue weighted by Crippen LogP contribution is 2.09. The number of nitrogens with zero attached hydrogens (tertiary/aromatic N) is 1. The Kier molecular flexibility index (Phi) is 4.71. The largest absolute Gasteiger partial charge is 0.373 e. The second-order valence-corrected chi connectivity index (χ2v) is 4.80. The lowest BCUT2D eigenvalue weighted by Crippen LogP contribution is -2.51. The molecule has 4 nitrogen and oxygen atoms in total. The molecule has 1 heterocycles. The van der Waals surface area contributed by atoms with Gasteiger partial charge in [-0.15, -0.1) is 0 Å². The van der Waals surface area contributed by atoms with Crippen molar-refractivity contribution in [2.45, 2.75) is 19.1 Å². The predicted molar refractivity (Wildman–Crippen MR) is 75.4 cm³/mol. The third-order valence-electron chi connectivity index (χ3n) is 3.21. The topological polar surface area (TPSA) is 55.6 Å². The van der Waals surface area contributed by atoms with Crippen LogP contribution < -0.4 is 5.73 Å². The van der Waals surface area contributed by atoms with E-state index in [1.165, 1.54) is 0 Å². The zero-order valence-electron chi connectivity index (χ0n) is 11.2. The fraction of sp³-hybridized carbons (Fsp3) is 0.400. The summed E-state index contributed by atoms with van der Waals surface area (Å²) in [7, 11) is 0. The Morgan fingerprint density at radius 1 is 1.47 bits per heavy atom. The summed E-state index contributed by atoms with van der Waals surface area (Å²) in [6.07, 6.45) is 3.38. The lowest BCUT2D eigenvalue weighted by atomic mass is 10.1. The normalized spacial score (nSPS) is 21.6. The summed E-state index contributed by atoms with van der Waals surface area (Å²) >= 11 is 0. The molecule has 2 rings (SSSR count). The van der Waals surface area contributed by atoms with E-state index in [4.69, 9.17) is 10.5 Å². The summed E-state index contributed by atoms with van der Waals surface area (Å²) < 4.78 is 5.54. The van der Waals surface area contributed by atoms with Crippen molar-refractivity contribution in [3.63, 3.8) is 0 Å². The minimum absolute atomic E-state index is 0.0119. The van der Waals surface area contributed by atoms with Crippen LogP contribution in [0.15, 0.2) is 36.4 Å². The summed E-state index contributed by atoms with van der Waals surface area (Å²) in [5.74, 6) is 0.0119. The molecule has 102 valence electrons. The Hall–Kier alpha value is -1.65. The van der Waals surface area contributed by atoms with Crippen LogP contribution in [0, 0.1) is 0 Å². The van der Waals surface area contributed by atoms with Gasteiger partial charge in [-0.3, -0.25) is 4.79 Å². The van der Waals surface area contributed by atoms with Gasteiger partial charge in [0.1, 0.15) is 0 Å². The summed E-state index contributed by atoms with van der Waals surface area (Å²) in [5, 5.41) is 0. The number of carbonyl (C=O) groups is 1. The Balaban J connectivity index is 1.94. The molecule has 1 aliphatic heterocycles. The summed E-state index contributed by atoms with van der Waals surface area (Å²) in [5.41, 5.74) is 6.83. The van der Waals surface area contributed by atoms with Crippen LogP contribution in [0.5, 0.6) is 0 Å². The number of carbonyl (C=O) groups excluding carboxylic acids is 1. The van der Waals surface area contributed by atoms with Gasteiger partial charge in [0, 0.05) is 25.2 Å². The number of hydrogen-bond acceptors (Lipinski definition) is 3. The Morgan fingerprint density at radius 2 is 2.21 bits per heavy atom. The highest BCUT2D eigenvalue weighted by atomic mass is 16.5. The third-order valence-corrected chi connectivity index (χ3v) is 3.21. The molecule has 0 spiro atoms. The predicted octanol–water partition coefficient (Wildman–Crippen LogP) is 1.27. The molecule has 1 amide bonds. The van der Waals surface area contributed by atoms with Crippen molar-refractivity contribution in [3.8, 4) is 0 Å². The highest BCUT2D eigenvalue weighted by Gasteiger charge is 2.25. The molecule has 0 radical (unpaired) electrons. The first-order valence-electron chi connectivity index (χ1n) is 6.56. The maximum Gasteiger partial charge on any atom is 0.246 e. The first kappa shape index (κ1) is 13.8. The average Bonchev–Trinajstić information content (AvgIpc) is 2.46. The van der Waals surface area contributed by atoms with Crippen LogP contribution in [0.1, 0.15) is 12.5 Å². The molecule has 1 saturated heterocycles. The molecule has 1 fully saturated rings. The lowest BCUT2D eigenvalue weighted by Gasteiger charge is -2.34. The third kappa shape index (κ3) is 3.91. The van der Waals surface area contributed by atoms with Gasteiger partial charge < -0.3 is 15.4 Å². The monoisotopic (exact) mass is 260 g/mol. The zero-order valence-corrected chi connectivity index (χ0v) is 11.2. The van der Waals surface area contributed by atoms with E-state index in [2.05, 4.69) is 0 Å². The van der Waals surface area contributed by atoms with Crippen LogP contribution in [0.25, 0.3) is 6.08 Å². The first-order valence-corrected chi connectivity index (χ1v) is 6.56. The molecule has 1 aliphatic rings. The Bertz CT molecular complexity index is 443. The van der Waals surface area contributed by atoms with Crippen molar-refractivity contribution < 1.29 is 9.53 Å². The summed E-state index contributed by atoms with van der Waals surface area (Å²) in [4.78, 5) is 13.9. The number of rotatable bonds is 3. The van der Waals surface area contributed by atoms with Crippen molar-refractivity contribution in [1.29, 1.82) is 0 Å². The Labute approximate surface area is 113 Å². The molecule has 0 aliphatic carbocycles. The van der Waals surface area contributed by atoms with E-state index in [0.29, 0.717) is 19.7 Å². The van der Waals surface area contributed by atoms with E-state index in [1.807, 2.05) is 43.3 Å². The summed E-state index contributed by atoms with van der Waals surface area (Å²) in [6.45, 7) is 3.65. The molecule has 2 unspecified atom stereocenters. The van der Waals surface area contributed by atoms with E-state index >= 15 is 0 Å². The first-order chi connectivity index (χ1) is 9.16. The number of nitrogens with two attached hydrogens (primary N) is 1. The van der Waals surface area contributed by atoms with E-state index in [9.17, 15) is 4.79 Å². The average molecular weight is 260 g/mol. The standard InChI is InChI=1S/C15H20N2O2/c1-12(16)14-11-17(9-10-19-14)15(18)8-7-13-5-3-2-4-6-13/h2-8,12,14H,9-11,16H2,1H3/b8-7+. The van der Waals surface area contributed by atoms with Gasteiger partial charge in [-0.1, -0.05) is 30.3 Å². The molecule has 0 aromatic heterocycles. The maximum atomic E-state index is 12.1. The molecular formula is C15H20N2O2. The van der Waals surface area contributed by atoms with E-state index in [1.54, 1.807) is 11.0 Å². The quantitative estimate of drug-likeness (QED) is 0.833. The van der Waals surface area contributed by atoms with Crippen molar-refractivity contribution in [2.24, 2.45) is 5.73 Å². The van der Waals surface area contributed by atoms with Crippen LogP contribution in [0.3, 0.4) is 0 Å². The molecule has 4 heteroatoms. The molecule has 0 saturated carbocycles. The van der Waals surface area contributed by atoms with Gasteiger partial charge in [-0.05, 0) is 18.6 Å². The number of hydrogen-bond donors (Lipinski definition) is 1. The van der Waals surface area contributed by atoms with Crippen molar-refractivity contribution in [3.05, 3.63) is 42.0 Å². The number of amides is 1. The van der Waals surface area contributed by atoms with E-state index in [-0.39, 0.29) is 18.1 Å². The summed E-state index contributed by atoms with van der Waals surface area (Å²) in [6, 6.07) is 9.72. The van der Waals surface area contributed by atoms with Gasteiger partial charge in [0.15, 0.2) is 0 Å². The van der Waals surface area contributed by atoms with E-state index in [0.717, 1.165) is 5.56 Å². The highest BCUT2D eigenvalue weighted by molar-refractivity contribution is 5.91. The van der Waals surface area contributed by atoms with Gasteiger partial charge >= 0.3 is 0 Å². The molecule has 1 aromatic carbocycles. The van der Waals surface area contributed by atoms with Gasteiger partial charge in [-0.25, -0.2) is 0 Å². The van der Waals surface area contributed by atoms with Crippen LogP contribution in [0.2, 0.25) is 0 Å². The number of morpholine rings is 1. The fourth-order valence-corrected chi connectivity index (χ4v) is 2.03. The molecule has 2 N–H and O–H groups in total. The molecule has 1 aromatic rings. The lowest BCUT2D eigenvalue weighted by molar-refractivity contribution is -0.134. The SMILES string of the molecule is CC(N)C1CN(C(=O)/C=C/c2ccccc2)CCO1. The van der Waals surface area contributed by atoms with Gasteiger partial charge in [0.05, 0.1) is 12.7 Å². The minimum Gasteiger partial charge on any atom is -0.373 e. The second kappa shape index (κ2) is 6.50. The van der Waals surface area contributed by atoms with Gasteiger partial charge in [-0.2, -0.15) is 0 Å². The maximum absolute atomic E-state index is 12.1. The smallest absolute Gasteiger partial charge is 0.246 e. The minimum atomic E-state index is -0.0668. The number of benzene rings is 1. The van der Waals surface area contributed by atoms with Crippen LogP contribution >= 0.6 is 0 Å². The van der Waals surface area contributed by atoms with E-state index < -0.39 is 0 Å². The van der Waals surface area contributed by atoms with Gasteiger partial charge in [0.25, 0.3) is 0 Å². The molecule has 2 atom stereocenters. The second-order valence-electron chi connectivity index (χ2n) is 4.80. The molecule has 19 heavy (non-hydrogen) atoms. The van der Waals surface area contributed by atoms with Crippen LogP contribution in [0.4, 0.5) is 0 Å². The molecule has 0 bridgehead atoms. The number of ether oxygens (including phenoxy) is 1. The molecular weight excluding hydrogens is 240 g/mol. The zero-order chi connectivity index (χ0) is 13.7. The van der Waals surface area contributed by atoms with Crippen molar-refractivity contribution in [2.75, 3.05) is 19.7 Å².